The van der Waals surface area contributed by atoms with E-state index in [1.807, 2.05) is 0 Å². The van der Waals surface area contributed by atoms with E-state index in [1.54, 1.807) is 24.3 Å². The summed E-state index contributed by atoms with van der Waals surface area (Å²) in [6.45, 7) is 0. The van der Waals surface area contributed by atoms with Crippen LogP contribution in [0.1, 0.15) is 10.4 Å². The van der Waals surface area contributed by atoms with Crippen LogP contribution in [0.2, 0.25) is 0 Å². The normalized spacial score (nSPS) is 9.95. The van der Waals surface area contributed by atoms with Crippen LogP contribution in [0.5, 0.6) is 5.75 Å². The smallest absolute Gasteiger partial charge is 0.270 e. The number of hydrogen-bond acceptors (Lipinski definition) is 5. The van der Waals surface area contributed by atoms with Crippen molar-refractivity contribution in [2.45, 2.75) is 0 Å². The van der Waals surface area contributed by atoms with Crippen molar-refractivity contribution in [2.24, 2.45) is 0 Å². The van der Waals surface area contributed by atoms with E-state index in [0.29, 0.717) is 11.4 Å². The van der Waals surface area contributed by atoms with Crippen molar-refractivity contribution < 1.29 is 14.5 Å². The molecule has 7 nitrogen and oxygen atoms in total. The Morgan fingerprint density at radius 2 is 2.05 bits per heavy atom. The fourth-order valence-electron chi connectivity index (χ4n) is 1.75. The molecule has 0 saturated heterocycles. The van der Waals surface area contributed by atoms with Gasteiger partial charge in [0.15, 0.2) is 0 Å². The standard InChI is InChI=1S/C14H13N3O4/c1-21-11-4-2-3-9(7-11)16-14(18)12-8-10(17(19)20)5-6-13(12)15/h2-8H,15H2,1H3,(H,16,18). The number of anilines is 2. The summed E-state index contributed by atoms with van der Waals surface area (Å²) in [5, 5.41) is 13.4. The second-order valence-electron chi connectivity index (χ2n) is 4.21. The number of nitro benzene ring substituents is 1. The Bertz CT molecular complexity index is 700. The average molecular weight is 287 g/mol. The molecule has 2 aromatic rings. The summed E-state index contributed by atoms with van der Waals surface area (Å²) in [6.07, 6.45) is 0. The Morgan fingerprint density at radius 3 is 2.71 bits per heavy atom. The van der Waals surface area contributed by atoms with Gasteiger partial charge in [-0.15, -0.1) is 0 Å². The molecule has 0 saturated carbocycles. The third kappa shape index (κ3) is 3.27. The summed E-state index contributed by atoms with van der Waals surface area (Å²) in [4.78, 5) is 22.3. The van der Waals surface area contributed by atoms with E-state index in [4.69, 9.17) is 10.5 Å². The zero-order valence-electron chi connectivity index (χ0n) is 11.2. The Morgan fingerprint density at radius 1 is 1.29 bits per heavy atom. The zero-order valence-corrected chi connectivity index (χ0v) is 11.2. The Hall–Kier alpha value is -3.09. The molecule has 0 spiro atoms. The highest BCUT2D eigenvalue weighted by Crippen LogP contribution is 2.22. The van der Waals surface area contributed by atoms with Crippen LogP contribution in [0.3, 0.4) is 0 Å². The van der Waals surface area contributed by atoms with Gasteiger partial charge in [0.25, 0.3) is 11.6 Å². The molecule has 0 aliphatic carbocycles. The van der Waals surface area contributed by atoms with Crippen molar-refractivity contribution in [3.05, 3.63) is 58.1 Å². The molecule has 21 heavy (non-hydrogen) atoms. The molecule has 1 amide bonds. The number of hydrogen-bond donors (Lipinski definition) is 2. The van der Waals surface area contributed by atoms with Crippen LogP contribution in [0.15, 0.2) is 42.5 Å². The minimum atomic E-state index is -0.582. The van der Waals surface area contributed by atoms with Gasteiger partial charge in [-0.25, -0.2) is 0 Å². The maximum atomic E-state index is 12.2. The summed E-state index contributed by atoms with van der Waals surface area (Å²) in [7, 11) is 1.51. The summed E-state index contributed by atoms with van der Waals surface area (Å²) in [5.74, 6) is 0.0595. The van der Waals surface area contributed by atoms with Gasteiger partial charge < -0.3 is 15.8 Å². The molecule has 0 aliphatic rings. The molecule has 2 rings (SSSR count). The molecule has 0 radical (unpaired) electrons. The Balaban J connectivity index is 2.27. The van der Waals surface area contributed by atoms with Gasteiger partial charge in [-0.1, -0.05) is 6.07 Å². The number of nitrogens with zero attached hydrogens (tertiary/aromatic N) is 1. The highest BCUT2D eigenvalue weighted by Gasteiger charge is 2.15. The van der Waals surface area contributed by atoms with Crippen LogP contribution in [-0.2, 0) is 0 Å². The van der Waals surface area contributed by atoms with Crippen LogP contribution in [0.4, 0.5) is 17.1 Å². The quantitative estimate of drug-likeness (QED) is 0.510. The first-order valence-electron chi connectivity index (χ1n) is 6.00. The molecule has 0 aromatic heterocycles. The minimum absolute atomic E-state index is 0.0482. The minimum Gasteiger partial charge on any atom is -0.497 e. The van der Waals surface area contributed by atoms with E-state index < -0.39 is 10.8 Å². The lowest BCUT2D eigenvalue weighted by molar-refractivity contribution is -0.384. The summed E-state index contributed by atoms with van der Waals surface area (Å²) in [6, 6.07) is 10.5. The van der Waals surface area contributed by atoms with Crippen LogP contribution in [0, 0.1) is 10.1 Å². The first kappa shape index (κ1) is 14.3. The highest BCUT2D eigenvalue weighted by molar-refractivity contribution is 6.08. The second kappa shape index (κ2) is 5.91. The van der Waals surface area contributed by atoms with Crippen molar-refractivity contribution in [3.63, 3.8) is 0 Å². The van der Waals surface area contributed by atoms with Crippen LogP contribution < -0.4 is 15.8 Å². The van der Waals surface area contributed by atoms with E-state index in [-0.39, 0.29) is 16.9 Å². The molecule has 7 heteroatoms. The highest BCUT2D eigenvalue weighted by atomic mass is 16.6. The van der Waals surface area contributed by atoms with Crippen molar-refractivity contribution in [1.29, 1.82) is 0 Å². The number of methoxy groups -OCH3 is 1. The van der Waals surface area contributed by atoms with E-state index in [0.717, 1.165) is 6.07 Å². The number of amides is 1. The number of nitrogens with two attached hydrogens (primary N) is 1. The summed E-state index contributed by atoms with van der Waals surface area (Å²) >= 11 is 0. The Labute approximate surface area is 120 Å². The van der Waals surface area contributed by atoms with Gasteiger partial charge in [-0.05, 0) is 18.2 Å². The van der Waals surface area contributed by atoms with Crippen molar-refractivity contribution in [3.8, 4) is 5.75 Å². The number of ether oxygens (including phenoxy) is 1. The molecule has 0 fully saturated rings. The molecule has 2 aromatic carbocycles. The van der Waals surface area contributed by atoms with Gasteiger partial charge in [-0.3, -0.25) is 14.9 Å². The van der Waals surface area contributed by atoms with Gasteiger partial charge in [0.05, 0.1) is 17.6 Å². The lowest BCUT2D eigenvalue weighted by atomic mass is 10.1. The monoisotopic (exact) mass is 287 g/mol. The van der Waals surface area contributed by atoms with Crippen molar-refractivity contribution >= 4 is 23.0 Å². The maximum absolute atomic E-state index is 12.2. The van der Waals surface area contributed by atoms with E-state index in [1.165, 1.54) is 19.2 Å². The number of benzene rings is 2. The number of nitrogens with one attached hydrogen (secondary N) is 1. The first-order chi connectivity index (χ1) is 10.0. The number of nitro groups is 1. The van der Waals surface area contributed by atoms with Crippen LogP contribution >= 0.6 is 0 Å². The summed E-state index contributed by atoms with van der Waals surface area (Å²) < 4.78 is 5.05. The third-order valence-corrected chi connectivity index (χ3v) is 2.82. The number of rotatable bonds is 4. The maximum Gasteiger partial charge on any atom is 0.270 e. The van der Waals surface area contributed by atoms with Crippen LogP contribution in [0.25, 0.3) is 0 Å². The van der Waals surface area contributed by atoms with Gasteiger partial charge >= 0.3 is 0 Å². The predicted molar refractivity (Wildman–Crippen MR) is 78.5 cm³/mol. The van der Waals surface area contributed by atoms with Gasteiger partial charge in [-0.2, -0.15) is 0 Å². The van der Waals surface area contributed by atoms with E-state index in [2.05, 4.69) is 5.32 Å². The molecule has 108 valence electrons. The first-order valence-corrected chi connectivity index (χ1v) is 6.00. The number of carbonyl (C=O) groups is 1. The number of non-ortho nitro benzene ring substituents is 1. The zero-order chi connectivity index (χ0) is 15.4. The molecule has 3 N–H and O–H groups in total. The average Bonchev–Trinajstić information content (AvgIpc) is 2.47. The van der Waals surface area contributed by atoms with Crippen molar-refractivity contribution in [1.82, 2.24) is 0 Å². The molecular formula is C14H13N3O4. The van der Waals surface area contributed by atoms with E-state index >= 15 is 0 Å². The molecule has 0 bridgehead atoms. The fraction of sp³-hybridized carbons (Fsp3) is 0.0714. The molecule has 0 atom stereocenters. The molecule has 0 unspecified atom stereocenters. The largest absolute Gasteiger partial charge is 0.497 e. The Kier molecular flexibility index (Phi) is 4.03. The number of nitrogen functional groups attached to an aromatic ring is 1. The van der Waals surface area contributed by atoms with Gasteiger partial charge in [0.2, 0.25) is 0 Å². The number of carbonyl (C=O) groups excluding carboxylic acids is 1. The van der Waals surface area contributed by atoms with Gasteiger partial charge in [0, 0.05) is 29.6 Å². The van der Waals surface area contributed by atoms with E-state index in [9.17, 15) is 14.9 Å². The second-order valence-corrected chi connectivity index (χ2v) is 4.21. The lowest BCUT2D eigenvalue weighted by Crippen LogP contribution is -2.14. The predicted octanol–water partition coefficient (Wildman–Crippen LogP) is 2.44. The van der Waals surface area contributed by atoms with Crippen LogP contribution in [-0.4, -0.2) is 17.9 Å². The SMILES string of the molecule is COc1cccc(NC(=O)c2cc([N+](=O)[O-])ccc2N)c1. The summed E-state index contributed by atoms with van der Waals surface area (Å²) in [5.41, 5.74) is 6.22. The fourth-order valence-corrected chi connectivity index (χ4v) is 1.75. The van der Waals surface area contributed by atoms with Crippen molar-refractivity contribution in [2.75, 3.05) is 18.2 Å². The molecule has 0 heterocycles. The molecule has 0 aliphatic heterocycles. The topological polar surface area (TPSA) is 107 Å². The molecular weight excluding hydrogens is 274 g/mol. The lowest BCUT2D eigenvalue weighted by Gasteiger charge is -2.08. The van der Waals surface area contributed by atoms with Gasteiger partial charge in [0.1, 0.15) is 5.75 Å². The third-order valence-electron chi connectivity index (χ3n) is 2.82.